The molecule has 0 radical (unpaired) electrons. The number of hydrogen-bond donors (Lipinski definition) is 6. The third-order valence-electron chi connectivity index (χ3n) is 3.58. The molecule has 132 valence electrons. The largest absolute Gasteiger partial charge is 0.478 e. The smallest absolute Gasteiger partial charge is 0.336 e. The second-order valence-corrected chi connectivity index (χ2v) is 5.22. The monoisotopic (exact) mass is 344 g/mol. The summed E-state index contributed by atoms with van der Waals surface area (Å²) in [6, 6.07) is 2.96. The molecule has 2 rings (SSSR count). The Morgan fingerprint density at radius 1 is 1.21 bits per heavy atom. The molecule has 0 aromatic heterocycles. The number of carboxylic acid groups (broad SMARTS) is 1. The minimum absolute atomic E-state index is 0.0501. The molecular weight excluding hydrogens is 328 g/mol. The zero-order chi connectivity index (χ0) is 18.0. The van der Waals surface area contributed by atoms with E-state index in [0.29, 0.717) is 0 Å². The lowest BCUT2D eigenvalue weighted by atomic mass is 9.98. The fourth-order valence-corrected chi connectivity index (χ4v) is 2.31. The number of nitrogens with one attached hydrogen (secondary N) is 1. The molecule has 1 aromatic rings. The number of aliphatic hydroxyl groups excluding tert-OH is 4. The van der Waals surface area contributed by atoms with Crippen LogP contribution in [0.25, 0.3) is 0 Å². The number of rotatable bonds is 5. The number of aromatic carboxylic acids is 1. The molecule has 0 amide bonds. The first kappa shape index (κ1) is 18.0. The van der Waals surface area contributed by atoms with Crippen molar-refractivity contribution in [2.24, 2.45) is 0 Å². The number of nitro benzene ring substituents is 1. The predicted molar refractivity (Wildman–Crippen MR) is 77.4 cm³/mol. The molecule has 6 N–H and O–H groups in total. The first-order chi connectivity index (χ1) is 11.2. The Morgan fingerprint density at radius 3 is 2.42 bits per heavy atom. The molecule has 1 aliphatic rings. The van der Waals surface area contributed by atoms with E-state index in [2.05, 4.69) is 5.32 Å². The van der Waals surface area contributed by atoms with Crippen molar-refractivity contribution in [1.82, 2.24) is 0 Å². The Balaban J connectivity index is 2.29. The van der Waals surface area contributed by atoms with Gasteiger partial charge in [-0.1, -0.05) is 0 Å². The average molecular weight is 344 g/mol. The van der Waals surface area contributed by atoms with Gasteiger partial charge in [-0.2, -0.15) is 0 Å². The highest BCUT2D eigenvalue weighted by Gasteiger charge is 2.43. The van der Waals surface area contributed by atoms with Crippen molar-refractivity contribution in [1.29, 1.82) is 0 Å². The number of nitrogens with zero attached hydrogens (tertiary/aromatic N) is 1. The lowest BCUT2D eigenvalue weighted by Crippen LogP contribution is -2.60. The lowest BCUT2D eigenvalue weighted by molar-refractivity contribution is -0.384. The molecule has 1 aromatic carbocycles. The van der Waals surface area contributed by atoms with Crippen molar-refractivity contribution < 1.29 is 40.0 Å². The molecule has 1 heterocycles. The Kier molecular flexibility index (Phi) is 5.31. The topological polar surface area (TPSA) is 183 Å². The molecule has 0 saturated carbocycles. The first-order valence-corrected chi connectivity index (χ1v) is 6.84. The van der Waals surface area contributed by atoms with Crippen LogP contribution in [-0.2, 0) is 4.74 Å². The van der Waals surface area contributed by atoms with Crippen LogP contribution in [0.5, 0.6) is 0 Å². The van der Waals surface area contributed by atoms with Gasteiger partial charge in [0.15, 0.2) is 6.23 Å². The molecule has 11 nitrogen and oxygen atoms in total. The van der Waals surface area contributed by atoms with Crippen LogP contribution >= 0.6 is 0 Å². The Labute approximate surface area is 134 Å². The van der Waals surface area contributed by atoms with Crippen LogP contribution in [0.1, 0.15) is 10.4 Å². The maximum atomic E-state index is 11.0. The van der Waals surface area contributed by atoms with Gasteiger partial charge in [-0.05, 0) is 6.07 Å². The summed E-state index contributed by atoms with van der Waals surface area (Å²) < 4.78 is 5.20. The molecule has 1 aliphatic heterocycles. The standard InChI is InChI=1S/C13H16N2O9/c16-4-8-9(17)10(18)11(19)12(24-8)14-6-1-5(13(20)21)2-7(3-6)15(22)23/h1-3,8-12,14,16-19H,4H2,(H,20,21)/t8-,9+,10-,11-,12-/m1/s1. The van der Waals surface area contributed by atoms with Crippen LogP contribution in [0.15, 0.2) is 18.2 Å². The quantitative estimate of drug-likeness (QED) is 0.271. The van der Waals surface area contributed by atoms with Crippen molar-refractivity contribution in [3.05, 3.63) is 33.9 Å². The van der Waals surface area contributed by atoms with E-state index < -0.39 is 53.8 Å². The molecule has 0 bridgehead atoms. The fraction of sp³-hybridized carbons (Fsp3) is 0.462. The van der Waals surface area contributed by atoms with E-state index in [4.69, 9.17) is 14.9 Å². The van der Waals surface area contributed by atoms with Gasteiger partial charge < -0.3 is 35.6 Å². The van der Waals surface area contributed by atoms with Crippen molar-refractivity contribution in [3.8, 4) is 0 Å². The third kappa shape index (κ3) is 3.60. The van der Waals surface area contributed by atoms with E-state index in [1.54, 1.807) is 0 Å². The van der Waals surface area contributed by atoms with E-state index in [1.807, 2.05) is 0 Å². The average Bonchev–Trinajstić information content (AvgIpc) is 2.55. The Bertz CT molecular complexity index is 604. The molecule has 0 unspecified atom stereocenters. The highest BCUT2D eigenvalue weighted by Crippen LogP contribution is 2.26. The van der Waals surface area contributed by atoms with Gasteiger partial charge in [0, 0.05) is 17.8 Å². The number of ether oxygens (including phenoxy) is 1. The van der Waals surface area contributed by atoms with Crippen LogP contribution in [-0.4, -0.2) is 73.7 Å². The number of nitro groups is 1. The van der Waals surface area contributed by atoms with Gasteiger partial charge in [-0.25, -0.2) is 4.79 Å². The van der Waals surface area contributed by atoms with Crippen LogP contribution in [0.4, 0.5) is 11.4 Å². The maximum Gasteiger partial charge on any atom is 0.336 e. The third-order valence-corrected chi connectivity index (χ3v) is 3.58. The minimum Gasteiger partial charge on any atom is -0.478 e. The Hall–Kier alpha value is -2.31. The number of carboxylic acids is 1. The summed E-state index contributed by atoms with van der Waals surface area (Å²) in [6.45, 7) is -0.640. The molecule has 0 aliphatic carbocycles. The highest BCUT2D eigenvalue weighted by atomic mass is 16.6. The van der Waals surface area contributed by atoms with E-state index in [0.717, 1.165) is 18.2 Å². The predicted octanol–water partition coefficient (Wildman–Crippen LogP) is -1.50. The molecule has 1 saturated heterocycles. The summed E-state index contributed by atoms with van der Waals surface area (Å²) in [5.74, 6) is -1.39. The number of benzene rings is 1. The van der Waals surface area contributed by atoms with Crippen molar-refractivity contribution in [2.45, 2.75) is 30.6 Å². The van der Waals surface area contributed by atoms with Gasteiger partial charge in [-0.3, -0.25) is 10.1 Å². The lowest BCUT2D eigenvalue weighted by Gasteiger charge is -2.40. The summed E-state index contributed by atoms with van der Waals surface area (Å²) in [7, 11) is 0. The van der Waals surface area contributed by atoms with Crippen LogP contribution in [0.3, 0.4) is 0 Å². The van der Waals surface area contributed by atoms with Crippen molar-refractivity contribution in [2.75, 3.05) is 11.9 Å². The van der Waals surface area contributed by atoms with E-state index >= 15 is 0 Å². The van der Waals surface area contributed by atoms with E-state index in [1.165, 1.54) is 0 Å². The zero-order valence-corrected chi connectivity index (χ0v) is 12.1. The van der Waals surface area contributed by atoms with E-state index in [-0.39, 0.29) is 11.3 Å². The van der Waals surface area contributed by atoms with E-state index in [9.17, 15) is 30.2 Å². The van der Waals surface area contributed by atoms with Gasteiger partial charge in [-0.15, -0.1) is 0 Å². The zero-order valence-electron chi connectivity index (χ0n) is 12.1. The van der Waals surface area contributed by atoms with Crippen LogP contribution in [0, 0.1) is 10.1 Å². The Morgan fingerprint density at radius 2 is 1.88 bits per heavy atom. The molecule has 1 fully saturated rings. The maximum absolute atomic E-state index is 11.0. The molecule has 5 atom stereocenters. The first-order valence-electron chi connectivity index (χ1n) is 6.84. The second-order valence-electron chi connectivity index (χ2n) is 5.22. The summed E-state index contributed by atoms with van der Waals surface area (Å²) in [6.07, 6.45) is -7.30. The number of aliphatic hydroxyl groups is 4. The second kappa shape index (κ2) is 7.07. The van der Waals surface area contributed by atoms with Gasteiger partial charge in [0.2, 0.25) is 0 Å². The molecule has 24 heavy (non-hydrogen) atoms. The van der Waals surface area contributed by atoms with Crippen LogP contribution < -0.4 is 5.32 Å². The summed E-state index contributed by atoms with van der Waals surface area (Å²) >= 11 is 0. The van der Waals surface area contributed by atoms with Gasteiger partial charge in [0.05, 0.1) is 17.1 Å². The minimum atomic E-state index is -1.63. The van der Waals surface area contributed by atoms with Gasteiger partial charge in [0.25, 0.3) is 5.69 Å². The van der Waals surface area contributed by atoms with Crippen LogP contribution in [0.2, 0.25) is 0 Å². The molecular formula is C13H16N2O9. The number of carbonyl (C=O) groups is 1. The SMILES string of the molecule is O=C(O)c1cc(N[C@@H]2O[C@H](CO)[C@H](O)[C@@H](O)[C@H]2O)cc([N+](=O)[O-])c1. The number of hydrogen-bond acceptors (Lipinski definition) is 9. The molecule has 0 spiro atoms. The molecule has 11 heteroatoms. The summed E-state index contributed by atoms with van der Waals surface area (Å²) in [5, 5.41) is 60.8. The number of anilines is 1. The van der Waals surface area contributed by atoms with Gasteiger partial charge in [0.1, 0.15) is 24.4 Å². The number of non-ortho nitro benzene ring substituents is 1. The van der Waals surface area contributed by atoms with Crippen molar-refractivity contribution in [3.63, 3.8) is 0 Å². The summed E-state index contributed by atoms with van der Waals surface area (Å²) in [5.41, 5.74) is -0.913. The highest BCUT2D eigenvalue weighted by molar-refractivity contribution is 5.90. The fourth-order valence-electron chi connectivity index (χ4n) is 2.31. The summed E-state index contributed by atoms with van der Waals surface area (Å²) in [4.78, 5) is 21.1. The normalized spacial score (nSPS) is 29.9. The van der Waals surface area contributed by atoms with Crippen molar-refractivity contribution >= 4 is 17.3 Å². The van der Waals surface area contributed by atoms with Gasteiger partial charge >= 0.3 is 5.97 Å².